The normalized spacial score (nSPS) is 10.2. The number of hydrogen-bond donors (Lipinski definition) is 2. The Morgan fingerprint density at radius 3 is 2.86 bits per heavy atom. The molecule has 0 aliphatic carbocycles. The second kappa shape index (κ2) is 7.04. The topological polar surface area (TPSA) is 60.2 Å². The minimum absolute atomic E-state index is 0.386. The van der Waals surface area contributed by atoms with Crippen molar-refractivity contribution in [3.8, 4) is 5.75 Å². The standard InChI is InChI=1S/C16H19N3OS/c1-11-8-13(16(17)21)10-15(19-11)18-7-6-12-4-3-5-14(9-12)20-2/h3-5,8-10H,6-7H2,1-2H3,(H2,17,21)(H,18,19). The molecule has 1 heterocycles. The van der Waals surface area contributed by atoms with E-state index in [0.29, 0.717) is 4.99 Å². The molecule has 0 saturated heterocycles. The zero-order valence-electron chi connectivity index (χ0n) is 12.2. The molecular formula is C16H19N3OS. The van der Waals surface area contributed by atoms with Gasteiger partial charge >= 0.3 is 0 Å². The molecule has 0 amide bonds. The Kier molecular flexibility index (Phi) is 5.11. The largest absolute Gasteiger partial charge is 0.497 e. The van der Waals surface area contributed by atoms with Gasteiger partial charge in [-0.25, -0.2) is 4.98 Å². The maximum absolute atomic E-state index is 5.67. The highest BCUT2D eigenvalue weighted by atomic mass is 32.1. The van der Waals surface area contributed by atoms with Gasteiger partial charge in [0.2, 0.25) is 0 Å². The summed E-state index contributed by atoms with van der Waals surface area (Å²) in [6.45, 7) is 2.70. The molecule has 2 rings (SSSR count). The van der Waals surface area contributed by atoms with E-state index in [1.54, 1.807) is 7.11 Å². The lowest BCUT2D eigenvalue weighted by atomic mass is 10.1. The van der Waals surface area contributed by atoms with Gasteiger partial charge in [0, 0.05) is 17.8 Å². The maximum Gasteiger partial charge on any atom is 0.126 e. The molecule has 1 aromatic carbocycles. The third kappa shape index (κ3) is 4.43. The number of rotatable bonds is 6. The zero-order valence-corrected chi connectivity index (χ0v) is 13.0. The van der Waals surface area contributed by atoms with E-state index in [0.717, 1.165) is 35.8 Å². The van der Waals surface area contributed by atoms with Crippen LogP contribution in [0.25, 0.3) is 0 Å². The molecular weight excluding hydrogens is 282 g/mol. The van der Waals surface area contributed by atoms with Crippen LogP contribution in [0.1, 0.15) is 16.8 Å². The lowest BCUT2D eigenvalue weighted by Gasteiger charge is -2.09. The van der Waals surface area contributed by atoms with Crippen LogP contribution in [-0.2, 0) is 6.42 Å². The first-order valence-corrected chi connectivity index (χ1v) is 7.14. The number of nitrogens with two attached hydrogens (primary N) is 1. The molecule has 3 N–H and O–H groups in total. The van der Waals surface area contributed by atoms with E-state index in [9.17, 15) is 0 Å². The Morgan fingerprint density at radius 1 is 1.33 bits per heavy atom. The summed E-state index contributed by atoms with van der Waals surface area (Å²) in [6, 6.07) is 11.8. The molecule has 0 saturated carbocycles. The molecule has 0 atom stereocenters. The average Bonchev–Trinajstić information content (AvgIpc) is 2.47. The van der Waals surface area contributed by atoms with Gasteiger partial charge in [0.05, 0.1) is 7.11 Å². The van der Waals surface area contributed by atoms with Crippen molar-refractivity contribution in [1.82, 2.24) is 4.98 Å². The van der Waals surface area contributed by atoms with E-state index in [1.165, 1.54) is 5.56 Å². The van der Waals surface area contributed by atoms with Crippen molar-refractivity contribution in [2.45, 2.75) is 13.3 Å². The number of methoxy groups -OCH3 is 1. The first-order valence-electron chi connectivity index (χ1n) is 6.74. The number of benzene rings is 1. The molecule has 0 aliphatic rings. The average molecular weight is 301 g/mol. The van der Waals surface area contributed by atoms with Crippen molar-refractivity contribution in [2.24, 2.45) is 5.73 Å². The third-order valence-electron chi connectivity index (χ3n) is 3.09. The highest BCUT2D eigenvalue weighted by Gasteiger charge is 2.03. The number of aryl methyl sites for hydroxylation is 1. The van der Waals surface area contributed by atoms with Crippen LogP contribution in [0, 0.1) is 6.92 Å². The monoisotopic (exact) mass is 301 g/mol. The van der Waals surface area contributed by atoms with Crippen molar-refractivity contribution < 1.29 is 4.74 Å². The molecule has 0 radical (unpaired) electrons. The van der Waals surface area contributed by atoms with Gasteiger partial charge in [-0.15, -0.1) is 0 Å². The Bertz CT molecular complexity index is 643. The third-order valence-corrected chi connectivity index (χ3v) is 3.33. The Hall–Kier alpha value is -2.14. The van der Waals surface area contributed by atoms with Gasteiger partial charge in [0.1, 0.15) is 16.6 Å². The lowest BCUT2D eigenvalue weighted by Crippen LogP contribution is -2.12. The first-order chi connectivity index (χ1) is 10.1. The Balaban J connectivity index is 1.98. The second-order valence-electron chi connectivity index (χ2n) is 4.77. The van der Waals surface area contributed by atoms with Gasteiger partial charge in [-0.2, -0.15) is 0 Å². The molecule has 5 heteroatoms. The van der Waals surface area contributed by atoms with Gasteiger partial charge in [-0.05, 0) is 43.2 Å². The summed E-state index contributed by atoms with van der Waals surface area (Å²) < 4.78 is 5.22. The minimum atomic E-state index is 0.386. The predicted molar refractivity (Wildman–Crippen MR) is 90.0 cm³/mol. The summed E-state index contributed by atoms with van der Waals surface area (Å²) in [5.41, 5.74) is 8.60. The number of ether oxygens (including phenoxy) is 1. The fourth-order valence-electron chi connectivity index (χ4n) is 2.06. The van der Waals surface area contributed by atoms with Gasteiger partial charge in [-0.3, -0.25) is 0 Å². The van der Waals surface area contributed by atoms with Gasteiger partial charge < -0.3 is 15.8 Å². The van der Waals surface area contributed by atoms with Crippen LogP contribution in [0.5, 0.6) is 5.75 Å². The number of hydrogen-bond acceptors (Lipinski definition) is 4. The number of thiocarbonyl (C=S) groups is 1. The number of anilines is 1. The summed E-state index contributed by atoms with van der Waals surface area (Å²) >= 11 is 5.01. The quantitative estimate of drug-likeness (QED) is 0.803. The molecule has 0 spiro atoms. The Labute approximate surface area is 130 Å². The van der Waals surface area contributed by atoms with Crippen molar-refractivity contribution in [1.29, 1.82) is 0 Å². The number of pyridine rings is 1. The predicted octanol–water partition coefficient (Wildman–Crippen LogP) is 2.69. The van der Waals surface area contributed by atoms with Crippen LogP contribution in [0.15, 0.2) is 36.4 Å². The number of aromatic nitrogens is 1. The van der Waals surface area contributed by atoms with Crippen LogP contribution in [0.2, 0.25) is 0 Å². The van der Waals surface area contributed by atoms with Crippen LogP contribution in [0.4, 0.5) is 5.82 Å². The zero-order chi connectivity index (χ0) is 15.2. The number of nitrogens with zero attached hydrogens (tertiary/aromatic N) is 1. The Morgan fingerprint density at radius 2 is 2.14 bits per heavy atom. The molecule has 21 heavy (non-hydrogen) atoms. The fourth-order valence-corrected chi connectivity index (χ4v) is 2.18. The molecule has 2 aromatic rings. The van der Waals surface area contributed by atoms with Gasteiger partial charge in [0.15, 0.2) is 0 Å². The van der Waals surface area contributed by atoms with E-state index in [4.69, 9.17) is 22.7 Å². The van der Waals surface area contributed by atoms with E-state index in [1.807, 2.05) is 37.3 Å². The highest BCUT2D eigenvalue weighted by Crippen LogP contribution is 2.14. The highest BCUT2D eigenvalue weighted by molar-refractivity contribution is 7.80. The van der Waals surface area contributed by atoms with E-state index in [-0.39, 0.29) is 0 Å². The maximum atomic E-state index is 5.67. The van der Waals surface area contributed by atoms with Crippen molar-refractivity contribution in [3.63, 3.8) is 0 Å². The van der Waals surface area contributed by atoms with Crippen molar-refractivity contribution >= 4 is 23.0 Å². The summed E-state index contributed by atoms with van der Waals surface area (Å²) in [5.74, 6) is 1.66. The summed E-state index contributed by atoms with van der Waals surface area (Å²) in [5, 5.41) is 3.30. The first kappa shape index (κ1) is 15.3. The molecule has 1 aromatic heterocycles. The van der Waals surface area contributed by atoms with E-state index in [2.05, 4.69) is 16.4 Å². The molecule has 0 bridgehead atoms. The van der Waals surface area contributed by atoms with Crippen molar-refractivity contribution in [3.05, 3.63) is 53.2 Å². The lowest BCUT2D eigenvalue weighted by molar-refractivity contribution is 0.414. The second-order valence-corrected chi connectivity index (χ2v) is 5.21. The smallest absolute Gasteiger partial charge is 0.126 e. The van der Waals surface area contributed by atoms with Gasteiger partial charge in [-0.1, -0.05) is 24.4 Å². The number of nitrogens with one attached hydrogen (secondary N) is 1. The van der Waals surface area contributed by atoms with Crippen LogP contribution in [0.3, 0.4) is 0 Å². The SMILES string of the molecule is COc1cccc(CCNc2cc(C(N)=S)cc(C)n2)c1. The molecule has 110 valence electrons. The van der Waals surface area contributed by atoms with E-state index < -0.39 is 0 Å². The molecule has 0 fully saturated rings. The van der Waals surface area contributed by atoms with Gasteiger partial charge in [0.25, 0.3) is 0 Å². The van der Waals surface area contributed by atoms with Crippen molar-refractivity contribution in [2.75, 3.05) is 19.0 Å². The van der Waals surface area contributed by atoms with Crippen LogP contribution < -0.4 is 15.8 Å². The summed E-state index contributed by atoms with van der Waals surface area (Å²) in [7, 11) is 1.67. The fraction of sp³-hybridized carbons (Fsp3) is 0.250. The molecule has 0 unspecified atom stereocenters. The van der Waals surface area contributed by atoms with Crippen LogP contribution in [-0.4, -0.2) is 23.6 Å². The van der Waals surface area contributed by atoms with E-state index >= 15 is 0 Å². The molecule has 0 aliphatic heterocycles. The minimum Gasteiger partial charge on any atom is -0.497 e. The summed E-state index contributed by atoms with van der Waals surface area (Å²) in [6.07, 6.45) is 0.884. The van der Waals surface area contributed by atoms with Crippen LogP contribution >= 0.6 is 12.2 Å². The summed E-state index contributed by atoms with van der Waals surface area (Å²) in [4.78, 5) is 4.82. The molecule has 4 nitrogen and oxygen atoms in total.